The predicted molar refractivity (Wildman–Crippen MR) is 129 cm³/mol. The molecule has 1 aliphatic heterocycles. The Morgan fingerprint density at radius 1 is 1.00 bits per heavy atom. The van der Waals surface area contributed by atoms with Crippen molar-refractivity contribution < 1.29 is 13.2 Å². The van der Waals surface area contributed by atoms with Crippen LogP contribution in [0.15, 0.2) is 42.5 Å². The van der Waals surface area contributed by atoms with Gasteiger partial charge in [-0.15, -0.1) is 0 Å². The van der Waals surface area contributed by atoms with Gasteiger partial charge in [-0.1, -0.05) is 35.9 Å². The van der Waals surface area contributed by atoms with Gasteiger partial charge in [0, 0.05) is 56.4 Å². The lowest BCUT2D eigenvalue weighted by molar-refractivity contribution is -0.138. The second-order valence-corrected chi connectivity index (χ2v) is 9.49. The molecule has 2 atom stereocenters. The van der Waals surface area contributed by atoms with E-state index in [1.54, 1.807) is 12.1 Å². The summed E-state index contributed by atoms with van der Waals surface area (Å²) in [5, 5.41) is 3.94. The van der Waals surface area contributed by atoms with Crippen molar-refractivity contribution in [1.82, 2.24) is 20.0 Å². The standard InChI is InChI=1S/C25H34ClF3N4/c1-18(19-5-8-22(26)9-6-19)33-13-11-32(12-14-33)16-21-15-20(24(30-2)17-31(3)4)7-10-23(21)25(27,28)29/h5-10,15,18,24,30H,11-14,16-17H2,1-4H3. The van der Waals surface area contributed by atoms with Gasteiger partial charge in [-0.3, -0.25) is 9.80 Å². The molecule has 2 aromatic rings. The smallest absolute Gasteiger partial charge is 0.312 e. The molecule has 3 rings (SSSR count). The number of likely N-dealkylation sites (N-methyl/N-ethyl adjacent to an activating group) is 2. The molecular weight excluding hydrogens is 449 g/mol. The number of alkyl halides is 3. The lowest BCUT2D eigenvalue weighted by atomic mass is 9.98. The Hall–Kier alpha value is -1.64. The molecule has 2 unspecified atom stereocenters. The number of hydrogen-bond donors (Lipinski definition) is 1. The van der Waals surface area contributed by atoms with E-state index in [9.17, 15) is 13.2 Å². The molecule has 0 spiro atoms. The van der Waals surface area contributed by atoms with Gasteiger partial charge < -0.3 is 10.2 Å². The zero-order chi connectivity index (χ0) is 24.2. The molecule has 8 heteroatoms. The summed E-state index contributed by atoms with van der Waals surface area (Å²) >= 11 is 6.00. The van der Waals surface area contributed by atoms with Gasteiger partial charge in [-0.05, 0) is 63.0 Å². The van der Waals surface area contributed by atoms with Crippen LogP contribution in [0, 0.1) is 0 Å². The predicted octanol–water partition coefficient (Wildman–Crippen LogP) is 5.06. The molecule has 1 heterocycles. The Morgan fingerprint density at radius 3 is 2.15 bits per heavy atom. The lowest BCUT2D eigenvalue weighted by Gasteiger charge is -2.38. The molecule has 0 saturated carbocycles. The van der Waals surface area contributed by atoms with Gasteiger partial charge in [-0.2, -0.15) is 13.2 Å². The number of benzene rings is 2. The first-order valence-electron chi connectivity index (χ1n) is 11.3. The summed E-state index contributed by atoms with van der Waals surface area (Å²) in [6.45, 7) is 6.24. The first kappa shape index (κ1) is 26.0. The third-order valence-corrected chi connectivity index (χ3v) is 6.69. The van der Waals surface area contributed by atoms with Crippen molar-refractivity contribution in [1.29, 1.82) is 0 Å². The van der Waals surface area contributed by atoms with Crippen LogP contribution in [0.3, 0.4) is 0 Å². The molecule has 2 aromatic carbocycles. The molecule has 1 N–H and O–H groups in total. The summed E-state index contributed by atoms with van der Waals surface area (Å²) in [5.74, 6) is 0. The van der Waals surface area contributed by atoms with E-state index in [2.05, 4.69) is 22.0 Å². The summed E-state index contributed by atoms with van der Waals surface area (Å²) < 4.78 is 41.3. The highest BCUT2D eigenvalue weighted by Gasteiger charge is 2.34. The van der Waals surface area contributed by atoms with Crippen molar-refractivity contribution in [2.45, 2.75) is 31.7 Å². The number of rotatable bonds is 8. The Kier molecular flexibility index (Phi) is 8.81. The van der Waals surface area contributed by atoms with Crippen LogP contribution in [0.5, 0.6) is 0 Å². The Bertz CT molecular complexity index is 894. The summed E-state index contributed by atoms with van der Waals surface area (Å²) in [6, 6.07) is 12.6. The molecule has 33 heavy (non-hydrogen) atoms. The van der Waals surface area contributed by atoms with Crippen LogP contribution in [0.4, 0.5) is 13.2 Å². The highest BCUT2D eigenvalue weighted by molar-refractivity contribution is 6.30. The van der Waals surface area contributed by atoms with E-state index in [4.69, 9.17) is 11.6 Å². The Labute approximate surface area is 200 Å². The topological polar surface area (TPSA) is 21.8 Å². The Balaban J connectivity index is 1.71. The fourth-order valence-corrected chi connectivity index (χ4v) is 4.59. The zero-order valence-electron chi connectivity index (χ0n) is 19.8. The van der Waals surface area contributed by atoms with Crippen LogP contribution >= 0.6 is 11.6 Å². The van der Waals surface area contributed by atoms with Crippen molar-refractivity contribution in [3.63, 3.8) is 0 Å². The molecule has 1 aliphatic rings. The minimum atomic E-state index is -4.37. The van der Waals surface area contributed by atoms with Crippen LogP contribution < -0.4 is 5.32 Å². The Morgan fingerprint density at radius 2 is 1.61 bits per heavy atom. The molecular formula is C25H34ClF3N4. The third-order valence-electron chi connectivity index (χ3n) is 6.43. The molecule has 0 radical (unpaired) electrons. The van der Waals surface area contributed by atoms with Gasteiger partial charge in [0.05, 0.1) is 5.56 Å². The normalized spacial score (nSPS) is 18.0. The van der Waals surface area contributed by atoms with Gasteiger partial charge in [-0.25, -0.2) is 0 Å². The van der Waals surface area contributed by atoms with Crippen LogP contribution in [0.1, 0.15) is 41.3 Å². The maximum absolute atomic E-state index is 13.8. The molecule has 0 amide bonds. The number of nitrogens with one attached hydrogen (secondary N) is 1. The number of nitrogens with zero attached hydrogens (tertiary/aromatic N) is 3. The lowest BCUT2D eigenvalue weighted by Crippen LogP contribution is -2.46. The van der Waals surface area contributed by atoms with Crippen molar-refractivity contribution in [2.75, 3.05) is 53.9 Å². The van der Waals surface area contributed by atoms with Crippen LogP contribution in [0.25, 0.3) is 0 Å². The second kappa shape index (κ2) is 11.2. The summed E-state index contributed by atoms with van der Waals surface area (Å²) in [5.41, 5.74) is 1.88. The number of halogens is 4. The van der Waals surface area contributed by atoms with Crippen LogP contribution in [-0.2, 0) is 12.7 Å². The van der Waals surface area contributed by atoms with E-state index in [0.29, 0.717) is 23.7 Å². The average molecular weight is 483 g/mol. The second-order valence-electron chi connectivity index (χ2n) is 9.06. The van der Waals surface area contributed by atoms with E-state index in [-0.39, 0.29) is 12.1 Å². The van der Waals surface area contributed by atoms with E-state index < -0.39 is 11.7 Å². The minimum Gasteiger partial charge on any atom is -0.312 e. The van der Waals surface area contributed by atoms with Gasteiger partial charge >= 0.3 is 6.18 Å². The van der Waals surface area contributed by atoms with Crippen molar-refractivity contribution in [3.8, 4) is 0 Å². The highest BCUT2D eigenvalue weighted by atomic mass is 35.5. The van der Waals surface area contributed by atoms with Gasteiger partial charge in [0.1, 0.15) is 0 Å². The average Bonchev–Trinajstić information content (AvgIpc) is 2.77. The summed E-state index contributed by atoms with van der Waals surface area (Å²) in [6.07, 6.45) is -4.37. The van der Waals surface area contributed by atoms with Gasteiger partial charge in [0.2, 0.25) is 0 Å². The van der Waals surface area contributed by atoms with Crippen molar-refractivity contribution in [2.24, 2.45) is 0 Å². The molecule has 1 fully saturated rings. The highest BCUT2D eigenvalue weighted by Crippen LogP contribution is 2.34. The monoisotopic (exact) mass is 482 g/mol. The van der Waals surface area contributed by atoms with E-state index in [0.717, 1.165) is 31.7 Å². The first-order chi connectivity index (χ1) is 15.6. The quantitative estimate of drug-likeness (QED) is 0.567. The van der Waals surface area contributed by atoms with Crippen LogP contribution in [0.2, 0.25) is 5.02 Å². The molecule has 0 bridgehead atoms. The SMILES string of the molecule is CNC(CN(C)C)c1ccc(C(F)(F)F)c(CN2CCN(C(C)c3ccc(Cl)cc3)CC2)c1. The third kappa shape index (κ3) is 6.93. The molecule has 0 aromatic heterocycles. The summed E-state index contributed by atoms with van der Waals surface area (Å²) in [7, 11) is 5.76. The van der Waals surface area contributed by atoms with E-state index in [1.165, 1.54) is 11.6 Å². The molecule has 1 saturated heterocycles. The van der Waals surface area contributed by atoms with Crippen molar-refractivity contribution >= 4 is 11.6 Å². The van der Waals surface area contributed by atoms with E-state index in [1.807, 2.05) is 50.3 Å². The molecule has 4 nitrogen and oxygen atoms in total. The fraction of sp³-hybridized carbons (Fsp3) is 0.520. The fourth-order valence-electron chi connectivity index (χ4n) is 4.47. The van der Waals surface area contributed by atoms with Crippen molar-refractivity contribution in [3.05, 3.63) is 69.7 Å². The molecule has 182 valence electrons. The number of piperazine rings is 1. The van der Waals surface area contributed by atoms with Gasteiger partial charge in [0.25, 0.3) is 0 Å². The van der Waals surface area contributed by atoms with Crippen LogP contribution in [-0.4, -0.2) is 68.6 Å². The summed E-state index contributed by atoms with van der Waals surface area (Å²) in [4.78, 5) is 6.52. The largest absolute Gasteiger partial charge is 0.416 e. The maximum atomic E-state index is 13.8. The van der Waals surface area contributed by atoms with Gasteiger partial charge in [0.15, 0.2) is 0 Å². The van der Waals surface area contributed by atoms with E-state index >= 15 is 0 Å². The maximum Gasteiger partial charge on any atom is 0.416 e. The zero-order valence-corrected chi connectivity index (χ0v) is 20.5. The first-order valence-corrected chi connectivity index (χ1v) is 11.7. The minimum absolute atomic E-state index is 0.0295. The number of hydrogen-bond acceptors (Lipinski definition) is 4. The molecule has 0 aliphatic carbocycles.